The number of nitrogens with zero attached hydrogens (tertiary/aromatic N) is 4. The number of thiophene rings is 1. The number of anilines is 2. The zero-order valence-electron chi connectivity index (χ0n) is 15.9. The van der Waals surface area contributed by atoms with E-state index in [9.17, 15) is 0 Å². The van der Waals surface area contributed by atoms with Crippen molar-refractivity contribution in [2.24, 2.45) is 0 Å². The fraction of sp³-hybridized carbons (Fsp3) is 0.182. The Bertz CT molecular complexity index is 1200. The van der Waals surface area contributed by atoms with Crippen LogP contribution in [0.25, 0.3) is 21.3 Å². The lowest BCUT2D eigenvalue weighted by atomic mass is 10.1. The first-order valence-electron chi connectivity index (χ1n) is 9.54. The third kappa shape index (κ3) is 3.83. The van der Waals surface area contributed by atoms with E-state index < -0.39 is 0 Å². The molecule has 0 N–H and O–H groups in total. The molecule has 0 bridgehead atoms. The van der Waals surface area contributed by atoms with Crippen LogP contribution in [0.4, 0.5) is 11.5 Å². The molecule has 0 unspecified atom stereocenters. The van der Waals surface area contributed by atoms with Crippen LogP contribution in [0.1, 0.15) is 0 Å². The van der Waals surface area contributed by atoms with Crippen molar-refractivity contribution < 1.29 is 0 Å². The Kier molecular flexibility index (Phi) is 5.46. The van der Waals surface area contributed by atoms with Gasteiger partial charge in [0, 0.05) is 52.9 Å². The Morgan fingerprint density at radius 3 is 2.27 bits per heavy atom. The molecule has 0 radical (unpaired) electrons. The second-order valence-electron chi connectivity index (χ2n) is 7.11. The van der Waals surface area contributed by atoms with Crippen molar-refractivity contribution in [1.82, 2.24) is 9.97 Å². The summed E-state index contributed by atoms with van der Waals surface area (Å²) in [5.41, 5.74) is 3.34. The molecule has 0 amide bonds. The van der Waals surface area contributed by atoms with Crippen LogP contribution in [0, 0.1) is 0 Å². The SMILES string of the molecule is Clc1ccc(-c2csc3nc(Cl)nc(N4CCN(c5cccc(Cl)c5)CC4)c23)cc1. The Morgan fingerprint density at radius 2 is 1.53 bits per heavy atom. The van der Waals surface area contributed by atoms with Gasteiger partial charge in [-0.05, 0) is 47.5 Å². The number of fused-ring (bicyclic) bond motifs is 1. The standard InChI is InChI=1S/C22H17Cl3N4S/c23-15-6-4-14(5-7-15)18-13-30-21-19(18)20(26-22(25)27-21)29-10-8-28(9-11-29)17-3-1-2-16(24)12-17/h1-7,12-13H,8-11H2. The maximum atomic E-state index is 6.28. The first-order chi connectivity index (χ1) is 14.6. The molecule has 1 fully saturated rings. The van der Waals surface area contributed by atoms with Crippen LogP contribution in [-0.4, -0.2) is 36.1 Å². The Balaban J connectivity index is 1.48. The van der Waals surface area contributed by atoms with E-state index in [1.807, 2.05) is 42.5 Å². The minimum atomic E-state index is 0.277. The van der Waals surface area contributed by atoms with Crippen LogP contribution in [0.3, 0.4) is 0 Å². The molecule has 30 heavy (non-hydrogen) atoms. The van der Waals surface area contributed by atoms with Crippen LogP contribution in [0.2, 0.25) is 15.3 Å². The summed E-state index contributed by atoms with van der Waals surface area (Å²) in [4.78, 5) is 14.6. The molecule has 0 atom stereocenters. The number of piperazine rings is 1. The maximum absolute atomic E-state index is 6.28. The van der Waals surface area contributed by atoms with Gasteiger partial charge in [0.1, 0.15) is 10.6 Å². The van der Waals surface area contributed by atoms with E-state index >= 15 is 0 Å². The summed E-state index contributed by atoms with van der Waals surface area (Å²) in [7, 11) is 0. The van der Waals surface area contributed by atoms with E-state index in [-0.39, 0.29) is 5.28 Å². The normalized spacial score (nSPS) is 14.5. The van der Waals surface area contributed by atoms with Gasteiger partial charge in [-0.25, -0.2) is 4.98 Å². The van der Waals surface area contributed by atoms with E-state index in [0.717, 1.165) is 69.1 Å². The number of aromatic nitrogens is 2. The predicted molar refractivity (Wildman–Crippen MR) is 129 cm³/mol. The van der Waals surface area contributed by atoms with Crippen LogP contribution in [0.5, 0.6) is 0 Å². The minimum absolute atomic E-state index is 0.277. The van der Waals surface area contributed by atoms with Crippen molar-refractivity contribution in [2.45, 2.75) is 0 Å². The third-order valence-corrected chi connectivity index (χ3v) is 6.82. The lowest BCUT2D eigenvalue weighted by molar-refractivity contribution is 0.649. The molecule has 4 aromatic rings. The van der Waals surface area contributed by atoms with Gasteiger partial charge in [0.15, 0.2) is 0 Å². The molecule has 5 rings (SSSR count). The van der Waals surface area contributed by atoms with Gasteiger partial charge in [-0.1, -0.05) is 41.4 Å². The van der Waals surface area contributed by atoms with Gasteiger partial charge in [-0.3, -0.25) is 0 Å². The van der Waals surface area contributed by atoms with E-state index in [2.05, 4.69) is 31.2 Å². The highest BCUT2D eigenvalue weighted by atomic mass is 35.5. The molecule has 2 aromatic heterocycles. The smallest absolute Gasteiger partial charge is 0.225 e. The molecule has 152 valence electrons. The highest BCUT2D eigenvalue weighted by molar-refractivity contribution is 7.17. The van der Waals surface area contributed by atoms with Crippen molar-refractivity contribution in [1.29, 1.82) is 0 Å². The van der Waals surface area contributed by atoms with Crippen LogP contribution >= 0.6 is 46.1 Å². The molecular formula is C22H17Cl3N4S. The van der Waals surface area contributed by atoms with Gasteiger partial charge in [0.25, 0.3) is 0 Å². The molecule has 1 aliphatic heterocycles. The average Bonchev–Trinajstić information content (AvgIpc) is 3.17. The Hall–Kier alpha value is -2.05. The van der Waals surface area contributed by atoms with Gasteiger partial charge < -0.3 is 9.80 Å². The quantitative estimate of drug-likeness (QED) is 0.311. The summed E-state index contributed by atoms with van der Waals surface area (Å²) in [5.74, 6) is 0.891. The van der Waals surface area contributed by atoms with Crippen LogP contribution < -0.4 is 9.80 Å². The molecule has 0 spiro atoms. The fourth-order valence-electron chi connectivity index (χ4n) is 3.82. The van der Waals surface area contributed by atoms with Crippen molar-refractivity contribution >= 4 is 67.9 Å². The van der Waals surface area contributed by atoms with E-state index in [1.54, 1.807) is 11.3 Å². The largest absolute Gasteiger partial charge is 0.368 e. The Labute approximate surface area is 193 Å². The van der Waals surface area contributed by atoms with Crippen molar-refractivity contribution in [3.05, 3.63) is 69.2 Å². The molecule has 4 nitrogen and oxygen atoms in total. The third-order valence-electron chi connectivity index (χ3n) is 5.29. The fourth-order valence-corrected chi connectivity index (χ4v) is 5.29. The molecule has 0 aliphatic carbocycles. The summed E-state index contributed by atoms with van der Waals surface area (Å²) in [5, 5.41) is 4.91. The second-order valence-corrected chi connectivity index (χ2v) is 9.18. The van der Waals surface area contributed by atoms with Crippen LogP contribution in [-0.2, 0) is 0 Å². The number of hydrogen-bond donors (Lipinski definition) is 0. The monoisotopic (exact) mass is 474 g/mol. The minimum Gasteiger partial charge on any atom is -0.368 e. The van der Waals surface area contributed by atoms with Gasteiger partial charge >= 0.3 is 0 Å². The first-order valence-corrected chi connectivity index (χ1v) is 11.6. The number of benzene rings is 2. The molecule has 1 aliphatic rings. The molecule has 3 heterocycles. The molecule has 2 aromatic carbocycles. The average molecular weight is 476 g/mol. The van der Waals surface area contributed by atoms with E-state index in [0.29, 0.717) is 0 Å². The lowest BCUT2D eigenvalue weighted by Gasteiger charge is -2.37. The van der Waals surface area contributed by atoms with Gasteiger partial charge in [-0.15, -0.1) is 11.3 Å². The highest BCUT2D eigenvalue weighted by Crippen LogP contribution is 2.39. The summed E-state index contributed by atoms with van der Waals surface area (Å²) in [6, 6.07) is 15.9. The lowest BCUT2D eigenvalue weighted by Crippen LogP contribution is -2.47. The zero-order chi connectivity index (χ0) is 20.7. The van der Waals surface area contributed by atoms with Gasteiger partial charge in [-0.2, -0.15) is 4.98 Å². The molecule has 8 heteroatoms. The second kappa shape index (κ2) is 8.23. The van der Waals surface area contributed by atoms with Crippen LogP contribution in [0.15, 0.2) is 53.9 Å². The van der Waals surface area contributed by atoms with Gasteiger partial charge in [0.05, 0.1) is 5.39 Å². The molecule has 0 saturated carbocycles. The Morgan fingerprint density at radius 1 is 0.800 bits per heavy atom. The summed E-state index contributed by atoms with van der Waals surface area (Å²) in [6.45, 7) is 3.43. The number of rotatable bonds is 3. The van der Waals surface area contributed by atoms with E-state index in [1.165, 1.54) is 0 Å². The van der Waals surface area contributed by atoms with Crippen molar-refractivity contribution in [3.8, 4) is 11.1 Å². The topological polar surface area (TPSA) is 32.3 Å². The number of halogens is 3. The summed E-state index contributed by atoms with van der Waals surface area (Å²) >= 11 is 20.1. The van der Waals surface area contributed by atoms with Gasteiger partial charge in [0.2, 0.25) is 5.28 Å². The zero-order valence-corrected chi connectivity index (χ0v) is 18.9. The maximum Gasteiger partial charge on any atom is 0.225 e. The highest BCUT2D eigenvalue weighted by Gasteiger charge is 2.23. The molecular weight excluding hydrogens is 459 g/mol. The first kappa shape index (κ1) is 19.9. The molecule has 1 saturated heterocycles. The number of hydrogen-bond acceptors (Lipinski definition) is 5. The summed E-state index contributed by atoms with van der Waals surface area (Å²) in [6.07, 6.45) is 0. The van der Waals surface area contributed by atoms with Crippen molar-refractivity contribution in [3.63, 3.8) is 0 Å². The van der Waals surface area contributed by atoms with Crippen molar-refractivity contribution in [2.75, 3.05) is 36.0 Å². The van der Waals surface area contributed by atoms with E-state index in [4.69, 9.17) is 34.8 Å². The summed E-state index contributed by atoms with van der Waals surface area (Å²) < 4.78 is 0. The predicted octanol–water partition coefficient (Wildman–Crippen LogP) is 6.65.